The van der Waals surface area contributed by atoms with Gasteiger partial charge in [0.05, 0.1) is 9.95 Å². The molecule has 0 atom stereocenters. The molecular formula is C20H12ClN3O5S. The van der Waals surface area contributed by atoms with Gasteiger partial charge in [0, 0.05) is 38.7 Å². The van der Waals surface area contributed by atoms with E-state index in [-0.39, 0.29) is 24.1 Å². The molecule has 150 valence electrons. The van der Waals surface area contributed by atoms with Gasteiger partial charge in [-0.05, 0) is 24.3 Å². The van der Waals surface area contributed by atoms with E-state index < -0.39 is 10.9 Å². The van der Waals surface area contributed by atoms with E-state index in [1.807, 2.05) is 24.3 Å². The number of nitro groups is 1. The number of benzene rings is 2. The van der Waals surface area contributed by atoms with Crippen LogP contribution in [0.2, 0.25) is 5.02 Å². The first-order valence-electron chi connectivity index (χ1n) is 8.60. The summed E-state index contributed by atoms with van der Waals surface area (Å²) in [6.45, 7) is -0.205. The van der Waals surface area contributed by atoms with Crippen molar-refractivity contribution in [3.05, 3.63) is 80.5 Å². The molecule has 10 heteroatoms. The molecule has 2 aromatic heterocycles. The lowest BCUT2D eigenvalue weighted by Crippen LogP contribution is -2.00. The number of ether oxygens (including phenoxy) is 1. The summed E-state index contributed by atoms with van der Waals surface area (Å²) in [5, 5.41) is 19.9. The highest BCUT2D eigenvalue weighted by molar-refractivity contribution is 7.20. The number of hydrogen-bond donors (Lipinski definition) is 0. The summed E-state index contributed by atoms with van der Waals surface area (Å²) in [5.41, 5.74) is 0.475. The zero-order chi connectivity index (χ0) is 21.1. The zero-order valence-corrected chi connectivity index (χ0v) is 16.7. The van der Waals surface area contributed by atoms with Crippen LogP contribution in [0.1, 0.15) is 10.8 Å². The Bertz CT molecular complexity index is 1260. The summed E-state index contributed by atoms with van der Waals surface area (Å²) in [6, 6.07) is 13.4. The summed E-state index contributed by atoms with van der Waals surface area (Å²) in [7, 11) is 0. The van der Waals surface area contributed by atoms with Crippen LogP contribution in [0, 0.1) is 10.1 Å². The summed E-state index contributed by atoms with van der Waals surface area (Å²) in [6.07, 6.45) is 2.88. The minimum Gasteiger partial charge on any atom is -0.452 e. The molecule has 0 aliphatic heterocycles. The number of nitro benzene ring substituents is 1. The van der Waals surface area contributed by atoms with Gasteiger partial charge >= 0.3 is 5.97 Å². The number of aromatic nitrogens is 2. The molecule has 8 nitrogen and oxygen atoms in total. The van der Waals surface area contributed by atoms with E-state index in [2.05, 4.69) is 10.2 Å². The maximum Gasteiger partial charge on any atom is 0.331 e. The summed E-state index contributed by atoms with van der Waals surface area (Å²) < 4.78 is 11.6. The van der Waals surface area contributed by atoms with Crippen LogP contribution < -0.4 is 0 Å². The van der Waals surface area contributed by atoms with Crippen molar-refractivity contribution in [3.63, 3.8) is 0 Å². The number of thiophene rings is 1. The summed E-state index contributed by atoms with van der Waals surface area (Å²) in [4.78, 5) is 23.0. The van der Waals surface area contributed by atoms with Gasteiger partial charge in [-0.1, -0.05) is 29.8 Å². The molecule has 0 saturated heterocycles. The van der Waals surface area contributed by atoms with Crippen LogP contribution in [0.3, 0.4) is 0 Å². The van der Waals surface area contributed by atoms with E-state index >= 15 is 0 Å². The SMILES string of the molecule is O=C(/C=C/c1sc2ccccc2c1Cl)OCc1nnc(-c2ccc([N+](=O)[O-])cc2)o1. The van der Waals surface area contributed by atoms with Gasteiger partial charge in [0.1, 0.15) is 0 Å². The first-order chi connectivity index (χ1) is 14.5. The molecule has 0 aliphatic rings. The third-order valence-corrected chi connectivity index (χ3v) is 5.72. The second kappa shape index (κ2) is 8.44. The first-order valence-corrected chi connectivity index (χ1v) is 9.80. The summed E-state index contributed by atoms with van der Waals surface area (Å²) in [5.74, 6) is -0.313. The fourth-order valence-electron chi connectivity index (χ4n) is 2.62. The van der Waals surface area contributed by atoms with Gasteiger partial charge in [-0.15, -0.1) is 21.5 Å². The Morgan fingerprint density at radius 3 is 2.70 bits per heavy atom. The number of carbonyl (C=O) groups excluding carboxylic acids is 1. The van der Waals surface area contributed by atoms with E-state index in [1.165, 1.54) is 41.7 Å². The van der Waals surface area contributed by atoms with Crippen molar-refractivity contribution >= 4 is 50.8 Å². The normalized spacial score (nSPS) is 11.2. The van der Waals surface area contributed by atoms with Crippen molar-refractivity contribution in [2.45, 2.75) is 6.61 Å². The molecule has 2 heterocycles. The molecular weight excluding hydrogens is 430 g/mol. The van der Waals surface area contributed by atoms with Crippen molar-refractivity contribution in [1.29, 1.82) is 0 Å². The Kier molecular flexibility index (Phi) is 5.55. The second-order valence-corrected chi connectivity index (χ2v) is 7.48. The molecule has 0 spiro atoms. The first kappa shape index (κ1) is 19.7. The number of non-ortho nitro benzene ring substituents is 1. The Morgan fingerprint density at radius 1 is 1.20 bits per heavy atom. The van der Waals surface area contributed by atoms with Crippen molar-refractivity contribution < 1.29 is 18.9 Å². The van der Waals surface area contributed by atoms with Crippen molar-refractivity contribution in [3.8, 4) is 11.5 Å². The number of nitrogens with zero attached hydrogens (tertiary/aromatic N) is 3. The Balaban J connectivity index is 1.37. The van der Waals surface area contributed by atoms with Crippen LogP contribution in [0.15, 0.2) is 59.0 Å². The third kappa shape index (κ3) is 4.22. The number of rotatable bonds is 6. The number of fused-ring (bicyclic) bond motifs is 1. The zero-order valence-electron chi connectivity index (χ0n) is 15.1. The Labute approximate surface area is 178 Å². The van der Waals surface area contributed by atoms with Gasteiger partial charge in [-0.25, -0.2) is 4.79 Å². The fraction of sp³-hybridized carbons (Fsp3) is 0.0500. The van der Waals surface area contributed by atoms with Gasteiger partial charge in [-0.2, -0.15) is 0 Å². The maximum absolute atomic E-state index is 12.0. The average Bonchev–Trinajstić information content (AvgIpc) is 3.36. The molecule has 4 aromatic rings. The largest absolute Gasteiger partial charge is 0.452 e. The average molecular weight is 442 g/mol. The predicted molar refractivity (Wildman–Crippen MR) is 112 cm³/mol. The number of halogens is 1. The van der Waals surface area contributed by atoms with Gasteiger partial charge < -0.3 is 9.15 Å². The van der Waals surface area contributed by atoms with Crippen LogP contribution >= 0.6 is 22.9 Å². The summed E-state index contributed by atoms with van der Waals surface area (Å²) >= 11 is 7.81. The quantitative estimate of drug-likeness (QED) is 0.173. The van der Waals surface area contributed by atoms with E-state index in [0.717, 1.165) is 15.0 Å². The highest BCUT2D eigenvalue weighted by Crippen LogP contribution is 2.35. The molecule has 0 fully saturated rings. The highest BCUT2D eigenvalue weighted by Gasteiger charge is 2.12. The van der Waals surface area contributed by atoms with Crippen LogP contribution in [0.5, 0.6) is 0 Å². The lowest BCUT2D eigenvalue weighted by atomic mass is 10.2. The van der Waals surface area contributed by atoms with Crippen LogP contribution in [-0.2, 0) is 16.1 Å². The highest BCUT2D eigenvalue weighted by atomic mass is 35.5. The minimum absolute atomic E-state index is 0.0436. The smallest absolute Gasteiger partial charge is 0.331 e. The number of esters is 1. The maximum atomic E-state index is 12.0. The van der Waals surface area contributed by atoms with Gasteiger partial charge in [-0.3, -0.25) is 10.1 Å². The minimum atomic E-state index is -0.585. The molecule has 0 unspecified atom stereocenters. The van der Waals surface area contributed by atoms with Gasteiger partial charge in [0.2, 0.25) is 5.89 Å². The Morgan fingerprint density at radius 2 is 1.97 bits per heavy atom. The van der Waals surface area contributed by atoms with Crippen molar-refractivity contribution in [2.24, 2.45) is 0 Å². The topological polar surface area (TPSA) is 108 Å². The molecule has 2 aromatic carbocycles. The van der Waals surface area contributed by atoms with Crippen LogP contribution in [0.25, 0.3) is 27.6 Å². The molecule has 0 radical (unpaired) electrons. The molecule has 0 aliphatic carbocycles. The molecule has 0 N–H and O–H groups in total. The van der Waals surface area contributed by atoms with Gasteiger partial charge in [0.25, 0.3) is 11.6 Å². The molecule has 0 amide bonds. The van der Waals surface area contributed by atoms with E-state index in [1.54, 1.807) is 6.08 Å². The third-order valence-electron chi connectivity index (χ3n) is 4.06. The standard InChI is InChI=1S/C20H12ClN3O5S/c21-19-14-3-1-2-4-15(14)30-16(19)9-10-18(25)28-11-17-22-23-20(29-17)12-5-7-13(8-6-12)24(26)27/h1-10H,11H2/b10-9+. The van der Waals surface area contributed by atoms with E-state index in [4.69, 9.17) is 20.8 Å². The number of carbonyl (C=O) groups is 1. The molecule has 30 heavy (non-hydrogen) atoms. The van der Waals surface area contributed by atoms with Crippen LogP contribution in [0.4, 0.5) is 5.69 Å². The van der Waals surface area contributed by atoms with Crippen molar-refractivity contribution in [1.82, 2.24) is 10.2 Å². The predicted octanol–water partition coefficient (Wildman–Crippen LogP) is 5.27. The van der Waals surface area contributed by atoms with E-state index in [9.17, 15) is 14.9 Å². The fourth-order valence-corrected chi connectivity index (χ4v) is 4.02. The lowest BCUT2D eigenvalue weighted by molar-refractivity contribution is -0.384. The monoisotopic (exact) mass is 441 g/mol. The molecule has 4 rings (SSSR count). The number of hydrogen-bond acceptors (Lipinski definition) is 8. The molecule has 0 saturated carbocycles. The van der Waals surface area contributed by atoms with Crippen LogP contribution in [-0.4, -0.2) is 21.1 Å². The van der Waals surface area contributed by atoms with Crippen molar-refractivity contribution in [2.75, 3.05) is 0 Å². The Hall–Kier alpha value is -3.56. The second-order valence-electron chi connectivity index (χ2n) is 6.02. The van der Waals surface area contributed by atoms with Gasteiger partial charge in [0.15, 0.2) is 6.61 Å². The molecule has 0 bridgehead atoms. The van der Waals surface area contributed by atoms with E-state index in [0.29, 0.717) is 10.6 Å². The lowest BCUT2D eigenvalue weighted by Gasteiger charge is -1.97.